The largest absolute Gasteiger partial charge is 0.480 e. The van der Waals surface area contributed by atoms with E-state index in [1.165, 1.54) is 0 Å². The van der Waals surface area contributed by atoms with Crippen LogP contribution in [0.25, 0.3) is 10.9 Å². The van der Waals surface area contributed by atoms with Gasteiger partial charge in [-0.05, 0) is 53.8 Å². The molecule has 0 saturated carbocycles. The zero-order chi connectivity index (χ0) is 23.3. The van der Waals surface area contributed by atoms with Crippen molar-refractivity contribution >= 4 is 40.8 Å². The van der Waals surface area contributed by atoms with E-state index in [0.29, 0.717) is 23.2 Å². The molecule has 1 amide bonds. The van der Waals surface area contributed by atoms with Gasteiger partial charge in [0.05, 0.1) is 5.52 Å². The molecule has 0 fully saturated rings. The number of carbonyl (C=O) groups is 3. The van der Waals surface area contributed by atoms with E-state index in [-0.39, 0.29) is 17.9 Å². The monoisotopic (exact) mass is 433 g/mol. The molecule has 164 valence electrons. The lowest BCUT2D eigenvalue weighted by Gasteiger charge is -2.14. The SMILES string of the molecule is C=C(C=O)CC(NC(=O)c1ccc(CCc2ccc3nc(N)nc(N)c3c2)cc1)C(=O)O. The predicted molar refractivity (Wildman–Crippen MR) is 121 cm³/mol. The number of amides is 1. The van der Waals surface area contributed by atoms with Crippen LogP contribution < -0.4 is 16.8 Å². The van der Waals surface area contributed by atoms with Crippen LogP contribution in [0.15, 0.2) is 54.6 Å². The number of carboxylic acids is 1. The minimum atomic E-state index is -1.23. The lowest BCUT2D eigenvalue weighted by atomic mass is 10.0. The van der Waals surface area contributed by atoms with Crippen LogP contribution in [0, 0.1) is 0 Å². The van der Waals surface area contributed by atoms with E-state index in [4.69, 9.17) is 11.5 Å². The van der Waals surface area contributed by atoms with Gasteiger partial charge in [-0.25, -0.2) is 9.78 Å². The number of nitrogens with one attached hydrogen (secondary N) is 1. The molecule has 6 N–H and O–H groups in total. The molecule has 1 atom stereocenters. The second-order valence-corrected chi connectivity index (χ2v) is 7.36. The number of benzene rings is 2. The minimum absolute atomic E-state index is 0.0959. The topological polar surface area (TPSA) is 161 Å². The van der Waals surface area contributed by atoms with Crippen molar-refractivity contribution in [3.63, 3.8) is 0 Å². The second kappa shape index (κ2) is 9.69. The quantitative estimate of drug-likeness (QED) is 0.294. The Morgan fingerprint density at radius 2 is 1.72 bits per heavy atom. The average molecular weight is 433 g/mol. The number of nitrogens with two attached hydrogens (primary N) is 2. The first-order valence-electron chi connectivity index (χ1n) is 9.84. The zero-order valence-electron chi connectivity index (χ0n) is 17.2. The fraction of sp³-hybridized carbons (Fsp3) is 0.174. The van der Waals surface area contributed by atoms with E-state index < -0.39 is 17.9 Å². The Bertz CT molecular complexity index is 1190. The highest BCUT2D eigenvalue weighted by molar-refractivity contribution is 5.97. The van der Waals surface area contributed by atoms with E-state index >= 15 is 0 Å². The van der Waals surface area contributed by atoms with Crippen molar-refractivity contribution in [2.24, 2.45) is 0 Å². The van der Waals surface area contributed by atoms with E-state index in [2.05, 4.69) is 21.9 Å². The normalized spacial score (nSPS) is 11.6. The molecule has 2 aromatic carbocycles. The lowest BCUT2D eigenvalue weighted by Crippen LogP contribution is -2.41. The van der Waals surface area contributed by atoms with Gasteiger partial charge in [0.15, 0.2) is 0 Å². The van der Waals surface area contributed by atoms with E-state index in [9.17, 15) is 19.5 Å². The molecule has 0 aliphatic heterocycles. The van der Waals surface area contributed by atoms with Gasteiger partial charge in [0, 0.05) is 17.4 Å². The summed E-state index contributed by atoms with van der Waals surface area (Å²) in [6.07, 6.45) is 1.78. The van der Waals surface area contributed by atoms with Crippen LogP contribution in [0.1, 0.15) is 27.9 Å². The first-order valence-corrected chi connectivity index (χ1v) is 9.84. The molecule has 0 saturated heterocycles. The molecule has 0 aliphatic carbocycles. The Hall–Kier alpha value is -4.27. The van der Waals surface area contributed by atoms with Crippen LogP contribution in [-0.2, 0) is 22.4 Å². The molecular weight excluding hydrogens is 410 g/mol. The van der Waals surface area contributed by atoms with Crippen LogP contribution in [0.3, 0.4) is 0 Å². The minimum Gasteiger partial charge on any atom is -0.480 e. The number of carboxylic acid groups (broad SMARTS) is 1. The highest BCUT2D eigenvalue weighted by Gasteiger charge is 2.21. The molecule has 3 rings (SSSR count). The van der Waals surface area contributed by atoms with Crippen molar-refractivity contribution in [1.29, 1.82) is 0 Å². The van der Waals surface area contributed by atoms with Gasteiger partial charge in [-0.1, -0.05) is 24.8 Å². The predicted octanol–water partition coefficient (Wildman–Crippen LogP) is 1.91. The Morgan fingerprint density at radius 3 is 2.38 bits per heavy atom. The maximum absolute atomic E-state index is 12.4. The number of rotatable bonds is 9. The van der Waals surface area contributed by atoms with Crippen molar-refractivity contribution in [3.8, 4) is 0 Å². The Kier molecular flexibility index (Phi) is 6.79. The maximum Gasteiger partial charge on any atom is 0.326 e. The number of carbonyl (C=O) groups excluding carboxylic acids is 2. The Balaban J connectivity index is 1.63. The summed E-state index contributed by atoms with van der Waals surface area (Å²) in [6, 6.07) is 11.4. The molecule has 1 aromatic heterocycles. The standard InChI is InChI=1S/C23H23N5O4/c1-13(12-29)10-19(22(31)32)26-21(30)16-7-4-14(5-8-16)2-3-15-6-9-18-17(11-15)20(24)28-23(25)27-18/h4-9,11-12,19H,1-3,10H2,(H,26,30)(H,31,32)(H4,24,25,27,28). The molecule has 9 nitrogen and oxygen atoms in total. The summed E-state index contributed by atoms with van der Waals surface area (Å²) in [7, 11) is 0. The molecule has 32 heavy (non-hydrogen) atoms. The van der Waals surface area contributed by atoms with Crippen molar-refractivity contribution in [2.75, 3.05) is 11.5 Å². The van der Waals surface area contributed by atoms with Crippen LogP contribution in [0.2, 0.25) is 0 Å². The molecule has 1 unspecified atom stereocenters. The number of fused-ring (bicyclic) bond motifs is 1. The van der Waals surface area contributed by atoms with Gasteiger partial charge in [0.2, 0.25) is 5.95 Å². The van der Waals surface area contributed by atoms with Crippen molar-refractivity contribution in [1.82, 2.24) is 15.3 Å². The molecule has 0 radical (unpaired) electrons. The Morgan fingerprint density at radius 1 is 1.06 bits per heavy atom. The van der Waals surface area contributed by atoms with Crippen LogP contribution in [0.4, 0.5) is 11.8 Å². The van der Waals surface area contributed by atoms with Crippen LogP contribution >= 0.6 is 0 Å². The summed E-state index contributed by atoms with van der Waals surface area (Å²) in [5.41, 5.74) is 14.7. The summed E-state index contributed by atoms with van der Waals surface area (Å²) >= 11 is 0. The summed E-state index contributed by atoms with van der Waals surface area (Å²) in [4.78, 5) is 42.5. The number of aldehydes is 1. The number of hydrogen-bond acceptors (Lipinski definition) is 7. The number of nitrogen functional groups attached to an aromatic ring is 2. The maximum atomic E-state index is 12.4. The smallest absolute Gasteiger partial charge is 0.326 e. The number of aromatic nitrogens is 2. The fourth-order valence-electron chi connectivity index (χ4n) is 3.24. The zero-order valence-corrected chi connectivity index (χ0v) is 17.2. The molecule has 9 heteroatoms. The van der Waals surface area contributed by atoms with E-state index in [0.717, 1.165) is 29.4 Å². The summed E-state index contributed by atoms with van der Waals surface area (Å²) in [5, 5.41) is 12.4. The Labute approximate surface area is 184 Å². The number of anilines is 2. The number of aliphatic carboxylic acids is 1. The van der Waals surface area contributed by atoms with E-state index in [1.54, 1.807) is 12.1 Å². The van der Waals surface area contributed by atoms with Gasteiger partial charge in [-0.3, -0.25) is 9.59 Å². The molecule has 0 spiro atoms. The first-order chi connectivity index (χ1) is 15.3. The highest BCUT2D eigenvalue weighted by atomic mass is 16.4. The van der Waals surface area contributed by atoms with Crippen LogP contribution in [0.5, 0.6) is 0 Å². The third kappa shape index (κ3) is 5.45. The van der Waals surface area contributed by atoms with Crippen molar-refractivity contribution in [3.05, 3.63) is 71.3 Å². The van der Waals surface area contributed by atoms with Gasteiger partial charge < -0.3 is 21.9 Å². The fourth-order valence-corrected chi connectivity index (χ4v) is 3.24. The van der Waals surface area contributed by atoms with Gasteiger partial charge in [-0.15, -0.1) is 0 Å². The number of hydrogen-bond donors (Lipinski definition) is 4. The summed E-state index contributed by atoms with van der Waals surface area (Å²) in [5.74, 6) is -1.30. The number of aryl methyl sites for hydroxylation is 2. The van der Waals surface area contributed by atoms with Crippen molar-refractivity contribution < 1.29 is 19.5 Å². The van der Waals surface area contributed by atoms with E-state index in [1.807, 2.05) is 30.3 Å². The molecule has 0 bridgehead atoms. The van der Waals surface area contributed by atoms with Gasteiger partial charge in [0.25, 0.3) is 5.91 Å². The first kappa shape index (κ1) is 22.4. The second-order valence-electron chi connectivity index (χ2n) is 7.36. The number of nitrogens with zero attached hydrogens (tertiary/aromatic N) is 2. The molecule has 3 aromatic rings. The lowest BCUT2D eigenvalue weighted by molar-refractivity contribution is -0.139. The highest BCUT2D eigenvalue weighted by Crippen LogP contribution is 2.21. The summed E-state index contributed by atoms with van der Waals surface area (Å²) in [6.45, 7) is 3.46. The van der Waals surface area contributed by atoms with Gasteiger partial charge >= 0.3 is 5.97 Å². The third-order valence-corrected chi connectivity index (χ3v) is 4.96. The molecule has 1 heterocycles. The molecular formula is C23H23N5O4. The van der Waals surface area contributed by atoms with Crippen LogP contribution in [-0.4, -0.2) is 39.3 Å². The summed E-state index contributed by atoms with van der Waals surface area (Å²) < 4.78 is 0. The van der Waals surface area contributed by atoms with Gasteiger partial charge in [-0.2, -0.15) is 4.98 Å². The average Bonchev–Trinajstić information content (AvgIpc) is 2.77. The van der Waals surface area contributed by atoms with Crippen molar-refractivity contribution in [2.45, 2.75) is 25.3 Å². The molecule has 0 aliphatic rings. The third-order valence-electron chi connectivity index (χ3n) is 4.96. The van der Waals surface area contributed by atoms with Gasteiger partial charge in [0.1, 0.15) is 18.1 Å².